The van der Waals surface area contributed by atoms with E-state index in [0.717, 1.165) is 0 Å². The first-order chi connectivity index (χ1) is 15.3. The number of hydrogen-bond donors (Lipinski definition) is 2. The minimum Gasteiger partial charge on any atom is -0.338 e. The molecule has 0 bridgehead atoms. The molecule has 9 heteroatoms. The van der Waals surface area contributed by atoms with E-state index < -0.39 is 15.8 Å². The molecule has 3 rings (SSSR count). The van der Waals surface area contributed by atoms with Crippen LogP contribution in [-0.4, -0.2) is 44.8 Å². The smallest absolute Gasteiger partial charge is 0.253 e. The molecule has 2 aromatic carbocycles. The number of likely N-dealkylation sites (tertiary alicyclic amines) is 1. The van der Waals surface area contributed by atoms with E-state index in [1.54, 1.807) is 29.2 Å². The number of amides is 2. The lowest BCUT2D eigenvalue weighted by atomic mass is 9.96. The third kappa shape index (κ3) is 6.48. The Kier molecular flexibility index (Phi) is 7.76. The van der Waals surface area contributed by atoms with Gasteiger partial charge in [-0.3, -0.25) is 9.59 Å². The second kappa shape index (κ2) is 10.5. The Labute approximate surface area is 187 Å². The van der Waals surface area contributed by atoms with Gasteiger partial charge >= 0.3 is 0 Å². The fraction of sp³-hybridized carbons (Fsp3) is 0.304. The van der Waals surface area contributed by atoms with E-state index in [1.165, 1.54) is 30.3 Å². The molecule has 0 aliphatic carbocycles. The molecule has 2 amide bonds. The number of halogens is 1. The number of anilines is 1. The van der Waals surface area contributed by atoms with Crippen LogP contribution in [0.5, 0.6) is 0 Å². The van der Waals surface area contributed by atoms with Gasteiger partial charge in [0.1, 0.15) is 5.82 Å². The molecule has 32 heavy (non-hydrogen) atoms. The summed E-state index contributed by atoms with van der Waals surface area (Å²) in [6.45, 7) is 4.47. The van der Waals surface area contributed by atoms with E-state index in [9.17, 15) is 22.4 Å². The quantitative estimate of drug-likeness (QED) is 0.594. The number of benzene rings is 2. The minimum absolute atomic E-state index is 0.165. The fourth-order valence-electron chi connectivity index (χ4n) is 3.54. The topological polar surface area (TPSA) is 95.6 Å². The summed E-state index contributed by atoms with van der Waals surface area (Å²) in [5.74, 6) is -1.36. The van der Waals surface area contributed by atoms with Crippen molar-refractivity contribution in [1.29, 1.82) is 0 Å². The molecular weight excluding hydrogens is 433 g/mol. The molecule has 1 fully saturated rings. The van der Waals surface area contributed by atoms with E-state index in [4.69, 9.17) is 0 Å². The van der Waals surface area contributed by atoms with Crippen LogP contribution in [-0.2, 0) is 20.6 Å². The Hall–Kier alpha value is -3.04. The van der Waals surface area contributed by atoms with Crippen LogP contribution in [0.4, 0.5) is 10.1 Å². The zero-order valence-corrected chi connectivity index (χ0v) is 18.4. The van der Waals surface area contributed by atoms with Gasteiger partial charge in [0.25, 0.3) is 5.91 Å². The highest BCUT2D eigenvalue weighted by molar-refractivity contribution is 7.88. The average Bonchev–Trinajstić information content (AvgIpc) is 2.79. The van der Waals surface area contributed by atoms with Crippen LogP contribution in [0.15, 0.2) is 61.2 Å². The number of carbonyl (C=O) groups is 2. The van der Waals surface area contributed by atoms with Crippen molar-refractivity contribution in [2.24, 2.45) is 5.92 Å². The molecule has 1 aliphatic heterocycles. The van der Waals surface area contributed by atoms with E-state index in [0.29, 0.717) is 36.2 Å². The Morgan fingerprint density at radius 2 is 1.81 bits per heavy atom. The predicted octanol–water partition coefficient (Wildman–Crippen LogP) is 2.92. The molecule has 170 valence electrons. The first kappa shape index (κ1) is 23.6. The third-order valence-corrected chi connectivity index (χ3v) is 6.52. The van der Waals surface area contributed by atoms with E-state index in [-0.39, 0.29) is 36.6 Å². The van der Waals surface area contributed by atoms with Gasteiger partial charge in [-0.1, -0.05) is 18.2 Å². The summed E-state index contributed by atoms with van der Waals surface area (Å²) in [7, 11) is -3.46. The Morgan fingerprint density at radius 1 is 1.12 bits per heavy atom. The number of carbonyl (C=O) groups excluding carboxylic acids is 2. The number of nitrogens with one attached hydrogen (secondary N) is 2. The summed E-state index contributed by atoms with van der Waals surface area (Å²) in [5.41, 5.74) is 1.53. The summed E-state index contributed by atoms with van der Waals surface area (Å²) in [4.78, 5) is 27.0. The van der Waals surface area contributed by atoms with Crippen LogP contribution in [0.25, 0.3) is 0 Å². The standard InChI is InChI=1S/C23H26FN3O4S/c1-2-13-25-32(30,31)16-17-5-11-21(12-6-17)26-22(28)19-4-3-14-27(15-19)23(29)18-7-9-20(24)10-8-18/h2,5-12,19,25H,1,3-4,13-16H2,(H,26,28). The largest absolute Gasteiger partial charge is 0.338 e. The fourth-order valence-corrected chi connectivity index (χ4v) is 4.64. The first-order valence-electron chi connectivity index (χ1n) is 10.3. The van der Waals surface area contributed by atoms with Gasteiger partial charge < -0.3 is 10.2 Å². The van der Waals surface area contributed by atoms with Crippen LogP contribution in [0.2, 0.25) is 0 Å². The summed E-state index contributed by atoms with van der Waals surface area (Å²) >= 11 is 0. The molecular formula is C23H26FN3O4S. The summed E-state index contributed by atoms with van der Waals surface area (Å²) in [6, 6.07) is 12.0. The lowest BCUT2D eigenvalue weighted by Crippen LogP contribution is -2.43. The lowest BCUT2D eigenvalue weighted by molar-refractivity contribution is -0.121. The monoisotopic (exact) mass is 459 g/mol. The van der Waals surface area contributed by atoms with Gasteiger partial charge in [-0.05, 0) is 54.8 Å². The molecule has 1 saturated heterocycles. The highest BCUT2D eigenvalue weighted by Gasteiger charge is 2.29. The Balaban J connectivity index is 1.57. The zero-order chi connectivity index (χ0) is 23.1. The van der Waals surface area contributed by atoms with Gasteiger partial charge in [-0.25, -0.2) is 17.5 Å². The van der Waals surface area contributed by atoms with Gasteiger partial charge in [0, 0.05) is 30.9 Å². The first-order valence-corrected chi connectivity index (χ1v) is 12.0. The van der Waals surface area contributed by atoms with E-state index in [2.05, 4.69) is 16.6 Å². The maximum Gasteiger partial charge on any atom is 0.253 e. The highest BCUT2D eigenvalue weighted by Crippen LogP contribution is 2.21. The molecule has 1 aliphatic rings. The maximum atomic E-state index is 13.1. The number of rotatable bonds is 8. The van der Waals surface area contributed by atoms with Crippen molar-refractivity contribution in [3.05, 3.63) is 78.1 Å². The maximum absolute atomic E-state index is 13.1. The van der Waals surface area contributed by atoms with Crippen molar-refractivity contribution >= 4 is 27.5 Å². The van der Waals surface area contributed by atoms with Crippen LogP contribution in [0, 0.1) is 11.7 Å². The van der Waals surface area contributed by atoms with Crippen molar-refractivity contribution in [3.8, 4) is 0 Å². The van der Waals surface area contributed by atoms with Crippen molar-refractivity contribution in [1.82, 2.24) is 9.62 Å². The van der Waals surface area contributed by atoms with Gasteiger partial charge in [-0.2, -0.15) is 0 Å². The van der Waals surface area contributed by atoms with E-state index in [1.807, 2.05) is 0 Å². The Morgan fingerprint density at radius 3 is 2.47 bits per heavy atom. The minimum atomic E-state index is -3.46. The summed E-state index contributed by atoms with van der Waals surface area (Å²) < 4.78 is 39.4. The molecule has 2 aromatic rings. The number of nitrogens with zero attached hydrogens (tertiary/aromatic N) is 1. The molecule has 0 spiro atoms. The Bertz CT molecular complexity index is 1070. The number of hydrogen-bond acceptors (Lipinski definition) is 4. The van der Waals surface area contributed by atoms with Crippen molar-refractivity contribution in [2.75, 3.05) is 25.0 Å². The molecule has 1 unspecified atom stereocenters. The van der Waals surface area contributed by atoms with Crippen LogP contribution >= 0.6 is 0 Å². The summed E-state index contributed by atoms with van der Waals surface area (Å²) in [5, 5.41) is 2.84. The number of sulfonamides is 1. The molecule has 2 N–H and O–H groups in total. The molecule has 1 atom stereocenters. The normalized spacial score (nSPS) is 16.4. The zero-order valence-electron chi connectivity index (χ0n) is 17.6. The van der Waals surface area contributed by atoms with E-state index >= 15 is 0 Å². The van der Waals surface area contributed by atoms with Gasteiger partial charge in [0.15, 0.2) is 0 Å². The third-order valence-electron chi connectivity index (χ3n) is 5.20. The van der Waals surface area contributed by atoms with Gasteiger partial charge in [0.2, 0.25) is 15.9 Å². The van der Waals surface area contributed by atoms with Crippen LogP contribution in [0.3, 0.4) is 0 Å². The number of piperidine rings is 1. The highest BCUT2D eigenvalue weighted by atomic mass is 32.2. The summed E-state index contributed by atoms with van der Waals surface area (Å²) in [6.07, 6.45) is 2.82. The molecule has 0 saturated carbocycles. The second-order valence-electron chi connectivity index (χ2n) is 7.68. The van der Waals surface area contributed by atoms with Crippen molar-refractivity contribution < 1.29 is 22.4 Å². The van der Waals surface area contributed by atoms with Crippen molar-refractivity contribution in [2.45, 2.75) is 18.6 Å². The molecule has 0 aromatic heterocycles. The van der Waals surface area contributed by atoms with Crippen LogP contribution in [0.1, 0.15) is 28.8 Å². The van der Waals surface area contributed by atoms with Gasteiger partial charge in [0.05, 0.1) is 11.7 Å². The predicted molar refractivity (Wildman–Crippen MR) is 121 cm³/mol. The SMILES string of the molecule is C=CCNS(=O)(=O)Cc1ccc(NC(=O)C2CCCN(C(=O)c3ccc(F)cc3)C2)cc1. The van der Waals surface area contributed by atoms with Gasteiger partial charge in [-0.15, -0.1) is 6.58 Å². The molecule has 1 heterocycles. The lowest BCUT2D eigenvalue weighted by Gasteiger charge is -2.32. The molecule has 7 nitrogen and oxygen atoms in total. The second-order valence-corrected chi connectivity index (χ2v) is 9.49. The van der Waals surface area contributed by atoms with Crippen molar-refractivity contribution in [3.63, 3.8) is 0 Å². The van der Waals surface area contributed by atoms with Crippen LogP contribution < -0.4 is 10.0 Å². The molecule has 0 radical (unpaired) electrons. The average molecular weight is 460 g/mol.